The van der Waals surface area contributed by atoms with Crippen LogP contribution in [0.2, 0.25) is 0 Å². The van der Waals surface area contributed by atoms with Crippen LogP contribution in [0.1, 0.15) is 34.5 Å². The molecule has 3 aromatic heterocycles. The van der Waals surface area contributed by atoms with E-state index in [0.717, 1.165) is 43.6 Å². The van der Waals surface area contributed by atoms with Gasteiger partial charge in [-0.15, -0.1) is 5.10 Å². The van der Waals surface area contributed by atoms with Crippen molar-refractivity contribution in [3.05, 3.63) is 41.5 Å². The summed E-state index contributed by atoms with van der Waals surface area (Å²) < 4.78 is 13.0. The standard InChI is InChI=1S/C20H23N7O3/c21-18-17(19-24-14-1-5-22-9-12(14)11-27(19)26-18)20(28)25-15-10-23-6-2-16(15)30-13-3-7-29-8-4-13/h2,6,10-11,13,22H,1,3-5,7-9H2,(H2,21,26)(H,25,28). The summed E-state index contributed by atoms with van der Waals surface area (Å²) in [6.07, 6.45) is 7.53. The number of nitrogens with two attached hydrogens (primary N) is 1. The maximum atomic E-state index is 13.1. The topological polar surface area (TPSA) is 129 Å². The Hall–Kier alpha value is -3.24. The Morgan fingerprint density at radius 1 is 1.37 bits per heavy atom. The fraction of sp³-hybridized carbons (Fsp3) is 0.400. The number of nitrogen functional groups attached to an aromatic ring is 1. The molecular formula is C20H23N7O3. The summed E-state index contributed by atoms with van der Waals surface area (Å²) in [4.78, 5) is 21.9. The van der Waals surface area contributed by atoms with Crippen molar-refractivity contribution in [2.45, 2.75) is 31.9 Å². The molecule has 0 spiro atoms. The Morgan fingerprint density at radius 3 is 3.10 bits per heavy atom. The van der Waals surface area contributed by atoms with E-state index in [1.165, 1.54) is 0 Å². The van der Waals surface area contributed by atoms with Crippen LogP contribution in [0, 0.1) is 0 Å². The van der Waals surface area contributed by atoms with Crippen molar-refractivity contribution in [2.75, 3.05) is 30.8 Å². The summed E-state index contributed by atoms with van der Waals surface area (Å²) in [6, 6.07) is 1.74. The Morgan fingerprint density at radius 2 is 2.23 bits per heavy atom. The van der Waals surface area contributed by atoms with Gasteiger partial charge in [0.1, 0.15) is 23.1 Å². The van der Waals surface area contributed by atoms with Crippen LogP contribution in [0.4, 0.5) is 11.5 Å². The monoisotopic (exact) mass is 409 g/mol. The van der Waals surface area contributed by atoms with E-state index in [1.54, 1.807) is 23.0 Å². The van der Waals surface area contributed by atoms with Gasteiger partial charge in [-0.3, -0.25) is 9.78 Å². The number of hydrogen-bond acceptors (Lipinski definition) is 8. The van der Waals surface area contributed by atoms with E-state index in [9.17, 15) is 4.79 Å². The van der Waals surface area contributed by atoms with Gasteiger partial charge < -0.3 is 25.8 Å². The number of hydrogen-bond donors (Lipinski definition) is 3. The third-order valence-corrected chi connectivity index (χ3v) is 5.37. The molecule has 2 aliphatic rings. The summed E-state index contributed by atoms with van der Waals surface area (Å²) in [5.41, 5.74) is 9.28. The lowest BCUT2D eigenvalue weighted by Gasteiger charge is -2.24. The van der Waals surface area contributed by atoms with Crippen molar-refractivity contribution >= 4 is 23.1 Å². The zero-order chi connectivity index (χ0) is 20.5. The van der Waals surface area contributed by atoms with Crippen molar-refractivity contribution < 1.29 is 14.3 Å². The van der Waals surface area contributed by atoms with E-state index in [-0.39, 0.29) is 17.5 Å². The smallest absolute Gasteiger partial charge is 0.263 e. The average molecular weight is 409 g/mol. The molecule has 1 amide bonds. The molecule has 4 N–H and O–H groups in total. The van der Waals surface area contributed by atoms with E-state index in [2.05, 4.69) is 25.7 Å². The molecule has 1 saturated heterocycles. The summed E-state index contributed by atoms with van der Waals surface area (Å²) in [5.74, 6) is 0.302. The number of anilines is 2. The number of fused-ring (bicyclic) bond motifs is 2. The van der Waals surface area contributed by atoms with Crippen LogP contribution >= 0.6 is 0 Å². The van der Waals surface area contributed by atoms with Gasteiger partial charge in [0.2, 0.25) is 0 Å². The third-order valence-electron chi connectivity index (χ3n) is 5.37. The van der Waals surface area contributed by atoms with Crippen LogP contribution in [-0.4, -0.2) is 51.4 Å². The maximum absolute atomic E-state index is 13.1. The lowest BCUT2D eigenvalue weighted by atomic mass is 10.1. The number of nitrogens with zero attached hydrogens (tertiary/aromatic N) is 4. The van der Waals surface area contributed by atoms with Crippen LogP contribution in [-0.2, 0) is 17.7 Å². The fourth-order valence-electron chi connectivity index (χ4n) is 3.81. The molecule has 0 saturated carbocycles. The van der Waals surface area contributed by atoms with E-state index in [4.69, 9.17) is 15.2 Å². The molecule has 2 aliphatic heterocycles. The van der Waals surface area contributed by atoms with E-state index < -0.39 is 5.91 Å². The number of rotatable bonds is 4. The molecule has 0 bridgehead atoms. The Balaban J connectivity index is 1.43. The minimum atomic E-state index is -0.395. The van der Waals surface area contributed by atoms with Gasteiger partial charge in [0.05, 0.1) is 25.1 Å². The fourth-order valence-corrected chi connectivity index (χ4v) is 3.81. The van der Waals surface area contributed by atoms with Crippen molar-refractivity contribution in [2.24, 2.45) is 0 Å². The van der Waals surface area contributed by atoms with Gasteiger partial charge in [0.25, 0.3) is 5.91 Å². The largest absolute Gasteiger partial charge is 0.488 e. The lowest BCUT2D eigenvalue weighted by molar-refractivity contribution is 0.0258. The lowest BCUT2D eigenvalue weighted by Crippen LogP contribution is -2.26. The predicted octanol–water partition coefficient (Wildman–Crippen LogP) is 1.16. The zero-order valence-electron chi connectivity index (χ0n) is 16.4. The molecule has 10 nitrogen and oxygen atoms in total. The molecule has 3 aromatic rings. The van der Waals surface area contributed by atoms with Crippen molar-refractivity contribution in [3.63, 3.8) is 0 Å². The molecule has 5 rings (SSSR count). The van der Waals surface area contributed by atoms with Crippen LogP contribution < -0.4 is 21.1 Å². The summed E-state index contributed by atoms with van der Waals surface area (Å²) in [6.45, 7) is 2.91. The summed E-state index contributed by atoms with van der Waals surface area (Å²) >= 11 is 0. The molecule has 0 radical (unpaired) electrons. The van der Waals surface area contributed by atoms with Crippen LogP contribution in [0.15, 0.2) is 24.7 Å². The van der Waals surface area contributed by atoms with Gasteiger partial charge in [-0.05, 0) is 0 Å². The van der Waals surface area contributed by atoms with Gasteiger partial charge in [0.15, 0.2) is 11.5 Å². The van der Waals surface area contributed by atoms with Crippen molar-refractivity contribution in [1.29, 1.82) is 0 Å². The molecule has 0 unspecified atom stereocenters. The first-order chi connectivity index (χ1) is 14.7. The summed E-state index contributed by atoms with van der Waals surface area (Å²) in [7, 11) is 0. The Labute approximate surface area is 172 Å². The summed E-state index contributed by atoms with van der Waals surface area (Å²) in [5, 5.41) is 10.5. The first-order valence-corrected chi connectivity index (χ1v) is 10.1. The van der Waals surface area contributed by atoms with Crippen molar-refractivity contribution in [1.82, 2.24) is 24.9 Å². The van der Waals surface area contributed by atoms with E-state index in [1.807, 2.05) is 6.20 Å². The second-order valence-electron chi connectivity index (χ2n) is 7.42. The number of aromatic nitrogens is 4. The number of ether oxygens (including phenoxy) is 2. The first-order valence-electron chi connectivity index (χ1n) is 10.1. The van der Waals surface area contributed by atoms with Crippen molar-refractivity contribution in [3.8, 4) is 5.75 Å². The van der Waals surface area contributed by atoms with Crippen LogP contribution in [0.5, 0.6) is 5.75 Å². The molecule has 5 heterocycles. The number of pyridine rings is 1. The van der Waals surface area contributed by atoms with Gasteiger partial charge in [-0.2, -0.15) is 0 Å². The SMILES string of the molecule is Nc1nn2cc3c(nc2c1C(=O)Nc1cnccc1OC1CCOCC1)CCNC3. The Kier molecular flexibility index (Phi) is 4.93. The quantitative estimate of drug-likeness (QED) is 0.586. The predicted molar refractivity (Wildman–Crippen MR) is 109 cm³/mol. The highest BCUT2D eigenvalue weighted by molar-refractivity contribution is 6.12. The number of carbonyl (C=O) groups excluding carboxylic acids is 1. The highest BCUT2D eigenvalue weighted by Gasteiger charge is 2.24. The first kappa shape index (κ1) is 18.8. The van der Waals surface area contributed by atoms with Crippen LogP contribution in [0.3, 0.4) is 0 Å². The third kappa shape index (κ3) is 3.55. The average Bonchev–Trinajstić information content (AvgIpc) is 3.08. The molecule has 1 fully saturated rings. The highest BCUT2D eigenvalue weighted by Crippen LogP contribution is 2.28. The molecule has 156 valence electrons. The van der Waals surface area contributed by atoms with Gasteiger partial charge >= 0.3 is 0 Å². The minimum absolute atomic E-state index is 0.0423. The van der Waals surface area contributed by atoms with Gasteiger partial charge in [-0.1, -0.05) is 0 Å². The Bertz CT molecular complexity index is 1090. The minimum Gasteiger partial charge on any atom is -0.488 e. The van der Waals surface area contributed by atoms with Gasteiger partial charge in [-0.25, -0.2) is 9.50 Å². The molecule has 0 aliphatic carbocycles. The molecular weight excluding hydrogens is 386 g/mol. The molecule has 0 atom stereocenters. The zero-order valence-corrected chi connectivity index (χ0v) is 16.4. The maximum Gasteiger partial charge on any atom is 0.263 e. The molecule has 10 heteroatoms. The van der Waals surface area contributed by atoms with E-state index in [0.29, 0.717) is 30.3 Å². The highest BCUT2D eigenvalue weighted by atomic mass is 16.5. The number of carbonyl (C=O) groups is 1. The number of nitrogens with one attached hydrogen (secondary N) is 2. The molecule has 30 heavy (non-hydrogen) atoms. The second-order valence-corrected chi connectivity index (χ2v) is 7.42. The van der Waals surface area contributed by atoms with Crippen LogP contribution in [0.25, 0.3) is 5.65 Å². The number of amides is 1. The van der Waals surface area contributed by atoms with E-state index >= 15 is 0 Å². The normalized spacial score (nSPS) is 16.9. The second kappa shape index (κ2) is 7.88. The van der Waals surface area contributed by atoms with Gasteiger partial charge in [0, 0.05) is 56.4 Å². The molecule has 0 aromatic carbocycles.